The number of amides is 4. The zero-order valence-electron chi connectivity index (χ0n) is 69.2. The topological polar surface area (TPSA) is 469 Å². The van der Waals surface area contributed by atoms with Gasteiger partial charge in [0.1, 0.15) is 72.4 Å². The van der Waals surface area contributed by atoms with Gasteiger partial charge in [0.15, 0.2) is 67.0 Å². The van der Waals surface area contributed by atoms with E-state index in [0.29, 0.717) is 135 Å². The molecule has 0 aromatic heterocycles. The number of benzene rings is 8. The number of carbonyl (C=O) groups excluding carboxylic acids is 9. The van der Waals surface area contributed by atoms with Gasteiger partial charge in [0.2, 0.25) is 23.6 Å². The Hall–Kier alpha value is -13.5. The summed E-state index contributed by atoms with van der Waals surface area (Å²) in [4.78, 5) is 138. The number of hydrogen-bond donors (Lipinski definition) is 9. The highest BCUT2D eigenvalue weighted by Crippen LogP contribution is 2.52. The molecule has 8 atom stereocenters. The third kappa shape index (κ3) is 24.7. The van der Waals surface area contributed by atoms with Crippen LogP contribution in [0.3, 0.4) is 0 Å². The van der Waals surface area contributed by atoms with Crippen LogP contribution < -0.4 is 74.8 Å². The normalized spacial score (nSPS) is 20.9. The van der Waals surface area contributed by atoms with Crippen molar-refractivity contribution >= 4 is 108 Å². The van der Waals surface area contributed by atoms with Crippen LogP contribution in [0.25, 0.3) is 0 Å². The number of methoxy groups -OCH3 is 2. The van der Waals surface area contributed by atoms with Gasteiger partial charge in [-0.2, -0.15) is 0 Å². The number of carboxylic acids is 3. The molecule has 0 spiro atoms. The molecule has 0 aliphatic carbocycles. The summed E-state index contributed by atoms with van der Waals surface area (Å²) in [6.45, 7) is 12.1. The maximum atomic E-state index is 12.9. The monoisotopic (exact) mass is 1790 g/mol. The molecule has 4 fully saturated rings. The molecule has 5 unspecified atom stereocenters. The number of aldehydes is 1. The zero-order valence-corrected chi connectivity index (χ0v) is 71.7. The second-order valence-corrected chi connectivity index (χ2v) is 32.2. The Morgan fingerprint density at radius 3 is 1.10 bits per heavy atom. The lowest BCUT2D eigenvalue weighted by atomic mass is 9.92. The van der Waals surface area contributed by atoms with Crippen LogP contribution in [0.1, 0.15) is 106 Å². The summed E-state index contributed by atoms with van der Waals surface area (Å²) in [6, 6.07) is 48.1. The highest BCUT2D eigenvalue weighted by Gasteiger charge is 2.57. The first-order valence-corrected chi connectivity index (χ1v) is 41.3. The fraction of sp³-hybridized carbons (Fsp3) is 0.311. The van der Waals surface area contributed by atoms with Crippen LogP contribution in [0.2, 0.25) is 0 Å². The average Bonchev–Trinajstić information content (AvgIpc) is 1.59. The van der Waals surface area contributed by atoms with Crippen molar-refractivity contribution in [2.24, 2.45) is 11.8 Å². The quantitative estimate of drug-likeness (QED) is 0.0170. The van der Waals surface area contributed by atoms with Crippen molar-refractivity contribution in [3.05, 3.63) is 220 Å². The van der Waals surface area contributed by atoms with E-state index < -0.39 is 75.3 Å². The highest BCUT2D eigenvalue weighted by atomic mass is 32.2. The van der Waals surface area contributed by atoms with Crippen LogP contribution in [-0.4, -0.2) is 177 Å². The number of hydrogen-bond acceptors (Lipinski definition) is 29. The Morgan fingerprint density at radius 1 is 0.421 bits per heavy atom. The average molecular weight is 1790 g/mol. The lowest BCUT2D eigenvalue weighted by Crippen LogP contribution is -2.41. The number of carboxylic acid groups (broad SMARTS) is 3. The summed E-state index contributed by atoms with van der Waals surface area (Å²) in [5.74, 6) is -0.520. The van der Waals surface area contributed by atoms with Crippen molar-refractivity contribution < 1.29 is 134 Å². The summed E-state index contributed by atoms with van der Waals surface area (Å²) in [5, 5.41) is 38.0. The minimum absolute atomic E-state index is 0. The Kier molecular flexibility index (Phi) is 33.3. The minimum atomic E-state index is -1.34. The third-order valence-electron chi connectivity index (χ3n) is 19.9. The van der Waals surface area contributed by atoms with E-state index in [0.717, 1.165) is 67.9 Å². The molecule has 10 heterocycles. The van der Waals surface area contributed by atoms with Crippen LogP contribution in [0.4, 0.5) is 0 Å². The van der Waals surface area contributed by atoms with Gasteiger partial charge in [0.05, 0.1) is 63.1 Å². The maximum Gasteiger partial charge on any atom is 0.338 e. The lowest BCUT2D eigenvalue weighted by molar-refractivity contribution is -0.150. The molecular weight excluding hydrogens is 1700 g/mol. The number of esters is 4. The largest absolute Gasteiger partial charge is 0.486 e. The Labute approximate surface area is 737 Å². The molecule has 8 aromatic rings. The van der Waals surface area contributed by atoms with Crippen LogP contribution in [0, 0.1) is 32.6 Å². The second-order valence-electron chi connectivity index (χ2n) is 28.9. The predicted molar refractivity (Wildman–Crippen MR) is 457 cm³/mol. The third-order valence-corrected chi connectivity index (χ3v) is 23.1. The van der Waals surface area contributed by atoms with Crippen molar-refractivity contribution in [3.63, 3.8) is 0 Å². The molecular formula is C90H93N5O28S3. The molecule has 8 aromatic carbocycles. The predicted octanol–water partition coefficient (Wildman–Crippen LogP) is 10.9. The molecule has 4 amide bonds. The first-order valence-electron chi connectivity index (χ1n) is 39.2. The number of aryl methyl sites for hydroxylation is 3. The number of thiol groups is 1. The van der Waals surface area contributed by atoms with E-state index in [1.165, 1.54) is 43.3 Å². The molecule has 36 heteroatoms. The van der Waals surface area contributed by atoms with Gasteiger partial charge in [0.25, 0.3) is 5.97 Å². The fourth-order valence-corrected chi connectivity index (χ4v) is 16.8. The summed E-state index contributed by atoms with van der Waals surface area (Å²) in [6.07, 6.45) is 3.06. The number of rotatable bonds is 13. The van der Waals surface area contributed by atoms with E-state index in [9.17, 15) is 57.8 Å². The number of carbonyl (C=O) groups is 12. The number of cyclic esters (lactones) is 2. The summed E-state index contributed by atoms with van der Waals surface area (Å²) < 4.78 is 66.2. The smallest absolute Gasteiger partial charge is 0.338 e. The Bertz CT molecular complexity index is 5310. The Morgan fingerprint density at radius 2 is 0.746 bits per heavy atom. The molecule has 10 N–H and O–H groups in total. The lowest BCUT2D eigenvalue weighted by Gasteiger charge is -2.31. The first-order chi connectivity index (χ1) is 60.0. The molecule has 10 aliphatic heterocycles. The number of fused-ring (bicyclic) bond motifs is 5. The molecule has 0 radical (unpaired) electrons. The highest BCUT2D eigenvalue weighted by molar-refractivity contribution is 8.01. The number of aliphatic carboxylic acids is 3. The number of ether oxygens (including phenoxy) is 13. The van der Waals surface area contributed by atoms with E-state index in [1.54, 1.807) is 66.7 Å². The van der Waals surface area contributed by atoms with Gasteiger partial charge in [0, 0.05) is 52.2 Å². The minimum Gasteiger partial charge on any atom is -0.486 e. The van der Waals surface area contributed by atoms with Crippen molar-refractivity contribution in [2.75, 3.05) is 80.3 Å². The van der Waals surface area contributed by atoms with E-state index in [1.807, 2.05) is 111 Å². The van der Waals surface area contributed by atoms with E-state index >= 15 is 0 Å². The Balaban J connectivity index is 0.000000158. The molecule has 4 saturated heterocycles. The van der Waals surface area contributed by atoms with Crippen LogP contribution in [-0.2, 0) is 67.0 Å². The molecule has 126 heavy (non-hydrogen) atoms. The number of nitrogens with one attached hydrogen (secondary N) is 4. The van der Waals surface area contributed by atoms with Gasteiger partial charge in [-0.3, -0.25) is 47.9 Å². The molecule has 18 rings (SSSR count). The van der Waals surface area contributed by atoms with Gasteiger partial charge in [-0.1, -0.05) is 77.4 Å². The molecule has 10 aliphatic rings. The number of thioether (sulfide) groups is 2. The van der Waals surface area contributed by atoms with E-state index in [2.05, 4.69) is 45.6 Å². The summed E-state index contributed by atoms with van der Waals surface area (Å²) in [7, 11) is 2.68. The van der Waals surface area contributed by atoms with Crippen molar-refractivity contribution in [1.82, 2.24) is 27.4 Å². The molecule has 33 nitrogen and oxygen atoms in total. The zero-order chi connectivity index (χ0) is 89.5. The van der Waals surface area contributed by atoms with Crippen LogP contribution in [0.15, 0.2) is 191 Å². The second kappa shape index (κ2) is 44.2. The molecule has 0 saturated carbocycles. The van der Waals surface area contributed by atoms with Gasteiger partial charge in [-0.15, -0.1) is 36.2 Å². The van der Waals surface area contributed by atoms with Gasteiger partial charge in [-0.25, -0.2) is 9.59 Å². The van der Waals surface area contributed by atoms with Crippen molar-refractivity contribution in [3.8, 4) is 57.5 Å². The van der Waals surface area contributed by atoms with Crippen LogP contribution >= 0.6 is 36.2 Å². The molecule has 0 bridgehead atoms. The van der Waals surface area contributed by atoms with Crippen molar-refractivity contribution in [1.29, 1.82) is 0 Å². The van der Waals surface area contributed by atoms with Crippen LogP contribution in [0.5, 0.6) is 57.5 Å². The summed E-state index contributed by atoms with van der Waals surface area (Å²) in [5.41, 5.74) is 7.11. The van der Waals surface area contributed by atoms with Gasteiger partial charge >= 0.3 is 35.8 Å². The maximum absolute atomic E-state index is 12.9. The fourth-order valence-electron chi connectivity index (χ4n) is 14.0. The van der Waals surface area contributed by atoms with Gasteiger partial charge in [-0.05, 0) is 146 Å². The van der Waals surface area contributed by atoms with E-state index in [-0.39, 0.29) is 67.5 Å². The molecule has 664 valence electrons. The summed E-state index contributed by atoms with van der Waals surface area (Å²) >= 11 is 6.69. The standard InChI is InChI=1S/C21H21NO5S.C20H19NO5S.C14H15NO5.C13H13NO5.C9H8O3.C7H8S.C4H2O3.C2H4O2.H3N/c1-13-3-6-15(7-4-13)28-21(20(24)25-2)12-18(23)22-19(21)14-5-8-16-17(11-14)27-10-9-26-16;1-12-2-5-14(6-3-12)27-20(19(23)24)11-17(22)21-18(20)13-4-7-15-16(10-13)26-9-8-25-15;1-18-14(17)9-7-12(16)15-13(9)8-2-3-10-11(6-8)20-5-4-19-10;15-11-6-8(13(16)17)12(14-11)7-1-2-9-10(5-7)19-4-3-18-9;10-6-7-1-2-8-9(5-7)12-4-3-11-8;1-6-2-4-7(8)5-3-6;5-3-1-2-4(6)7-3;1-2(3)4;/h3-8,11,19H,9-10,12H2,1-2H3,(H,22,23);2-7,10,18H,8-9,11H2,1H3,(H,21,22)(H,23,24);2-3,6,9,13H,4-5,7H2,1H3,(H,15,16);1-2,5,8,12H,3-4,6H2,(H,14,15)(H,16,17);1-2,5-6H,3-4H2;2-5,8H,1H3;1-2H;1H3,(H,3,4);1H3/t19?,21-;18?,20-;;8-,12?;;;;;/m11.0...../s1. The SMILES string of the molecule is CC(=O)O.COC(=O)C1CC(=O)NC1c1ccc2c(c1)OCCO2.COC(=O)[C@@]1(Sc2ccc(C)cc2)CC(=O)NC1c1ccc2c(c1)OCCO2.Cc1ccc(S)cc1.Cc1ccc(S[C@]2(C(=O)O)CC(=O)NC2c2ccc3c(c2)OCCO3)cc1.N.O=C1C=CC(=O)O1.O=C1C[C@H](C(=O)O)C(c2ccc3c(c2)OCCO3)N1.O=Cc1ccc2c(c1)OCCO2. The van der Waals surface area contributed by atoms with E-state index in [4.69, 9.17) is 71.8 Å². The van der Waals surface area contributed by atoms with Gasteiger partial charge < -0.3 is 104 Å². The first kappa shape index (κ1) is 94.8. The van der Waals surface area contributed by atoms with Crippen molar-refractivity contribution in [2.45, 2.75) is 102 Å².